The predicted molar refractivity (Wildman–Crippen MR) is 160 cm³/mol. The van der Waals surface area contributed by atoms with Crippen LogP contribution in [0.2, 0.25) is 0 Å². The number of carbonyl (C=O) groups is 1. The molecule has 0 saturated carbocycles. The lowest BCUT2D eigenvalue weighted by Gasteiger charge is -2.39. The van der Waals surface area contributed by atoms with E-state index in [1.807, 2.05) is 17.0 Å². The topological polar surface area (TPSA) is 82.6 Å². The van der Waals surface area contributed by atoms with E-state index in [1.165, 1.54) is 5.56 Å². The van der Waals surface area contributed by atoms with Gasteiger partial charge in [0, 0.05) is 65.1 Å². The lowest BCUT2D eigenvalue weighted by molar-refractivity contribution is -0.00461. The van der Waals surface area contributed by atoms with Gasteiger partial charge in [-0.25, -0.2) is 0 Å². The number of carbonyl (C=O) groups excluding carboxylic acids is 1. The Labute approximate surface area is 248 Å². The number of aromatic nitrogens is 1. The van der Waals surface area contributed by atoms with Crippen molar-refractivity contribution in [1.29, 1.82) is 0 Å². The highest BCUT2D eigenvalue weighted by atomic mass is 16.5. The highest BCUT2D eigenvalue weighted by Gasteiger charge is 2.34. The number of rotatable bonds is 13. The first-order valence-electron chi connectivity index (χ1n) is 14.6. The van der Waals surface area contributed by atoms with E-state index in [1.54, 1.807) is 39.7 Å². The number of likely N-dealkylation sites (tertiary alicyclic amines) is 2. The molecule has 2 saturated heterocycles. The summed E-state index contributed by atoms with van der Waals surface area (Å²) in [4.78, 5) is 21.5. The number of aryl methyl sites for hydroxylation is 1. The Bertz CT molecular complexity index is 1320. The fourth-order valence-corrected chi connectivity index (χ4v) is 5.47. The van der Waals surface area contributed by atoms with Crippen molar-refractivity contribution in [2.45, 2.75) is 38.1 Å². The second-order valence-corrected chi connectivity index (χ2v) is 10.8. The summed E-state index contributed by atoms with van der Waals surface area (Å²) in [6.45, 7) is 6.73. The zero-order valence-corrected chi connectivity index (χ0v) is 25.0. The number of hydrogen-bond acceptors (Lipinski definition) is 8. The number of ether oxygens (including phenoxy) is 5. The Balaban J connectivity index is 1.10. The summed E-state index contributed by atoms with van der Waals surface area (Å²) in [6, 6.07) is 18.0. The standard InChI is InChI=1S/C33H41N3O6/c1-5-23-6-8-24(9-7-23)22-42-29-11-10-25(16-30(29)38-2)26-18-36(19-26)33(37)28-17-27(12-13-34-28)41-15-14-35-20-31(39-3)32(21-35)40-4/h6-13,16-17,26,31-32H,5,14-15,18-22H2,1-4H3/t31-,32+. The van der Waals surface area contributed by atoms with Crippen molar-refractivity contribution in [2.24, 2.45) is 0 Å². The molecule has 2 aliphatic rings. The van der Waals surface area contributed by atoms with Gasteiger partial charge in [-0.3, -0.25) is 14.7 Å². The highest BCUT2D eigenvalue weighted by molar-refractivity contribution is 5.93. The van der Waals surface area contributed by atoms with Crippen LogP contribution in [0.1, 0.15) is 40.0 Å². The van der Waals surface area contributed by atoms with Crippen molar-refractivity contribution >= 4 is 5.91 Å². The summed E-state index contributed by atoms with van der Waals surface area (Å²) in [5.74, 6) is 2.17. The van der Waals surface area contributed by atoms with E-state index in [0.29, 0.717) is 49.2 Å². The minimum Gasteiger partial charge on any atom is -0.493 e. The molecule has 0 aliphatic carbocycles. The summed E-state index contributed by atoms with van der Waals surface area (Å²) < 4.78 is 28.6. The molecule has 0 N–H and O–H groups in total. The molecule has 2 aromatic carbocycles. The van der Waals surface area contributed by atoms with Crippen LogP contribution in [0.15, 0.2) is 60.8 Å². The summed E-state index contributed by atoms with van der Waals surface area (Å²) in [6.07, 6.45) is 2.78. The quantitative estimate of drug-likeness (QED) is 0.300. The maximum absolute atomic E-state index is 13.1. The van der Waals surface area contributed by atoms with Gasteiger partial charge in [-0.05, 0) is 41.3 Å². The number of pyridine rings is 1. The van der Waals surface area contributed by atoms with Crippen molar-refractivity contribution in [2.75, 3.05) is 60.7 Å². The molecule has 42 heavy (non-hydrogen) atoms. The third kappa shape index (κ3) is 7.03. The molecule has 0 bridgehead atoms. The molecule has 2 aliphatic heterocycles. The van der Waals surface area contributed by atoms with E-state index in [4.69, 9.17) is 23.7 Å². The number of hydrogen-bond donors (Lipinski definition) is 0. The second kappa shape index (κ2) is 14.0. The highest BCUT2D eigenvalue weighted by Crippen LogP contribution is 2.35. The predicted octanol–water partition coefficient (Wildman–Crippen LogP) is 4.20. The van der Waals surface area contributed by atoms with Gasteiger partial charge >= 0.3 is 0 Å². The average molecular weight is 576 g/mol. The molecule has 2 atom stereocenters. The van der Waals surface area contributed by atoms with Crippen LogP contribution >= 0.6 is 0 Å². The van der Waals surface area contributed by atoms with E-state index < -0.39 is 0 Å². The zero-order valence-electron chi connectivity index (χ0n) is 25.0. The molecular weight excluding hydrogens is 534 g/mol. The monoisotopic (exact) mass is 575 g/mol. The molecule has 3 aromatic rings. The fourth-order valence-electron chi connectivity index (χ4n) is 5.47. The third-order valence-corrected chi connectivity index (χ3v) is 8.18. The normalized spacial score (nSPS) is 19.0. The molecule has 2 fully saturated rings. The Morgan fingerprint density at radius 3 is 2.24 bits per heavy atom. The first-order valence-corrected chi connectivity index (χ1v) is 14.6. The van der Waals surface area contributed by atoms with E-state index in [9.17, 15) is 4.79 Å². The van der Waals surface area contributed by atoms with Gasteiger partial charge in [-0.2, -0.15) is 0 Å². The Morgan fingerprint density at radius 2 is 1.57 bits per heavy atom. The maximum Gasteiger partial charge on any atom is 0.272 e. The minimum atomic E-state index is -0.0943. The average Bonchev–Trinajstić information content (AvgIpc) is 3.42. The molecule has 1 amide bonds. The van der Waals surface area contributed by atoms with Crippen LogP contribution in [-0.4, -0.2) is 93.6 Å². The molecule has 0 radical (unpaired) electrons. The number of nitrogens with zero attached hydrogens (tertiary/aromatic N) is 3. The summed E-state index contributed by atoms with van der Waals surface area (Å²) in [7, 11) is 5.07. The smallest absolute Gasteiger partial charge is 0.272 e. The molecule has 224 valence electrons. The molecule has 0 spiro atoms. The Morgan fingerprint density at radius 1 is 0.857 bits per heavy atom. The molecule has 9 nitrogen and oxygen atoms in total. The molecule has 5 rings (SSSR count). The lowest BCUT2D eigenvalue weighted by atomic mass is 9.91. The van der Waals surface area contributed by atoms with Crippen molar-refractivity contribution in [3.63, 3.8) is 0 Å². The summed E-state index contributed by atoms with van der Waals surface area (Å²) >= 11 is 0. The van der Waals surface area contributed by atoms with Gasteiger partial charge in [0.2, 0.25) is 0 Å². The first-order chi connectivity index (χ1) is 20.5. The van der Waals surface area contributed by atoms with E-state index in [-0.39, 0.29) is 24.0 Å². The fraction of sp³-hybridized carbons (Fsp3) is 0.455. The molecular formula is C33H41N3O6. The van der Waals surface area contributed by atoms with Crippen LogP contribution in [0.3, 0.4) is 0 Å². The summed E-state index contributed by atoms with van der Waals surface area (Å²) in [5, 5.41) is 0. The number of amides is 1. The first kappa shape index (κ1) is 29.8. The third-order valence-electron chi connectivity index (χ3n) is 8.18. The Hall–Kier alpha value is -3.66. The van der Waals surface area contributed by atoms with Gasteiger partial charge in [0.15, 0.2) is 11.5 Å². The Kier molecular flexibility index (Phi) is 9.94. The van der Waals surface area contributed by atoms with Crippen molar-refractivity contribution in [1.82, 2.24) is 14.8 Å². The summed E-state index contributed by atoms with van der Waals surface area (Å²) in [5.41, 5.74) is 3.93. The van der Waals surface area contributed by atoms with E-state index in [0.717, 1.165) is 37.2 Å². The van der Waals surface area contributed by atoms with Crippen LogP contribution in [0.4, 0.5) is 0 Å². The molecule has 0 unspecified atom stereocenters. The van der Waals surface area contributed by atoms with Crippen LogP contribution in [0.25, 0.3) is 0 Å². The molecule has 9 heteroatoms. The van der Waals surface area contributed by atoms with Gasteiger partial charge in [0.25, 0.3) is 5.91 Å². The van der Waals surface area contributed by atoms with Crippen molar-refractivity contribution in [3.8, 4) is 17.2 Å². The van der Waals surface area contributed by atoms with Gasteiger partial charge in [-0.15, -0.1) is 0 Å². The lowest BCUT2D eigenvalue weighted by Crippen LogP contribution is -2.48. The van der Waals surface area contributed by atoms with E-state index >= 15 is 0 Å². The van der Waals surface area contributed by atoms with Crippen LogP contribution < -0.4 is 14.2 Å². The minimum absolute atomic E-state index is 0.0710. The van der Waals surface area contributed by atoms with Crippen molar-refractivity contribution < 1.29 is 28.5 Å². The molecule has 3 heterocycles. The van der Waals surface area contributed by atoms with Gasteiger partial charge < -0.3 is 28.6 Å². The van der Waals surface area contributed by atoms with E-state index in [2.05, 4.69) is 47.1 Å². The molecule has 1 aromatic heterocycles. The van der Waals surface area contributed by atoms with Crippen molar-refractivity contribution in [3.05, 3.63) is 83.2 Å². The SMILES string of the molecule is CCc1ccc(COc2ccc(C3CN(C(=O)c4cc(OCCN5C[C@H](OC)[C@H](OC)C5)ccn4)C3)cc2OC)cc1. The van der Waals surface area contributed by atoms with Gasteiger partial charge in [0.05, 0.1) is 19.3 Å². The number of benzene rings is 2. The maximum atomic E-state index is 13.1. The second-order valence-electron chi connectivity index (χ2n) is 10.8. The zero-order chi connectivity index (χ0) is 29.5. The largest absolute Gasteiger partial charge is 0.493 e. The van der Waals surface area contributed by atoms with Gasteiger partial charge in [0.1, 0.15) is 24.7 Å². The van der Waals surface area contributed by atoms with Crippen LogP contribution in [0, 0.1) is 0 Å². The van der Waals surface area contributed by atoms with Crippen LogP contribution in [0.5, 0.6) is 17.2 Å². The van der Waals surface area contributed by atoms with Crippen LogP contribution in [-0.2, 0) is 22.5 Å². The van der Waals surface area contributed by atoms with Gasteiger partial charge in [-0.1, -0.05) is 37.3 Å². The number of methoxy groups -OCH3 is 3.